The SMILES string of the molecule is Cc1ccccc1OCC(=O)NNC(=O)c1cc(Cl)cc(Cl)c1. The molecule has 120 valence electrons. The molecule has 0 fully saturated rings. The number of benzene rings is 2. The van der Waals surface area contributed by atoms with Crippen molar-refractivity contribution in [3.8, 4) is 5.75 Å². The molecular formula is C16H14Cl2N2O3. The monoisotopic (exact) mass is 352 g/mol. The van der Waals surface area contributed by atoms with E-state index in [2.05, 4.69) is 10.9 Å². The zero-order valence-electron chi connectivity index (χ0n) is 12.2. The van der Waals surface area contributed by atoms with Crippen molar-refractivity contribution in [3.05, 3.63) is 63.6 Å². The predicted octanol–water partition coefficient (Wildman–Crippen LogP) is 3.14. The van der Waals surface area contributed by atoms with E-state index in [0.717, 1.165) is 5.56 Å². The molecule has 0 radical (unpaired) electrons. The van der Waals surface area contributed by atoms with Gasteiger partial charge < -0.3 is 4.74 Å². The molecule has 23 heavy (non-hydrogen) atoms. The molecule has 2 aromatic rings. The van der Waals surface area contributed by atoms with Gasteiger partial charge in [-0.25, -0.2) is 0 Å². The van der Waals surface area contributed by atoms with Crippen molar-refractivity contribution in [1.82, 2.24) is 10.9 Å². The molecule has 0 saturated heterocycles. The predicted molar refractivity (Wildman–Crippen MR) is 88.7 cm³/mol. The van der Waals surface area contributed by atoms with E-state index in [4.69, 9.17) is 27.9 Å². The van der Waals surface area contributed by atoms with Gasteiger partial charge in [0, 0.05) is 15.6 Å². The number of hydrogen-bond donors (Lipinski definition) is 2. The van der Waals surface area contributed by atoms with Gasteiger partial charge in [-0.15, -0.1) is 0 Å². The third-order valence-electron chi connectivity index (χ3n) is 2.89. The molecule has 0 aliphatic heterocycles. The van der Waals surface area contributed by atoms with E-state index in [-0.39, 0.29) is 12.2 Å². The largest absolute Gasteiger partial charge is 0.483 e. The van der Waals surface area contributed by atoms with E-state index in [1.807, 2.05) is 25.1 Å². The fraction of sp³-hybridized carbons (Fsp3) is 0.125. The number of carbonyl (C=O) groups excluding carboxylic acids is 2. The Morgan fingerprint density at radius 2 is 1.70 bits per heavy atom. The van der Waals surface area contributed by atoms with Gasteiger partial charge in [-0.3, -0.25) is 20.4 Å². The second-order valence-corrected chi connectivity index (χ2v) is 5.59. The summed E-state index contributed by atoms with van der Waals surface area (Å²) in [5.41, 5.74) is 5.68. The molecule has 2 aromatic carbocycles. The topological polar surface area (TPSA) is 67.4 Å². The Balaban J connectivity index is 1.84. The van der Waals surface area contributed by atoms with Gasteiger partial charge >= 0.3 is 0 Å². The highest BCUT2D eigenvalue weighted by atomic mass is 35.5. The van der Waals surface area contributed by atoms with E-state index < -0.39 is 11.8 Å². The second-order valence-electron chi connectivity index (χ2n) is 4.71. The molecule has 0 spiro atoms. The number of rotatable bonds is 4. The van der Waals surface area contributed by atoms with Crippen molar-refractivity contribution in [1.29, 1.82) is 0 Å². The number of halogens is 2. The summed E-state index contributed by atoms with van der Waals surface area (Å²) >= 11 is 11.6. The summed E-state index contributed by atoms with van der Waals surface area (Å²) in [6.45, 7) is 1.65. The third kappa shape index (κ3) is 5.16. The lowest BCUT2D eigenvalue weighted by Gasteiger charge is -2.10. The van der Waals surface area contributed by atoms with Gasteiger partial charge in [-0.2, -0.15) is 0 Å². The summed E-state index contributed by atoms with van der Waals surface area (Å²) in [5.74, 6) is -0.413. The maximum absolute atomic E-state index is 11.9. The average molecular weight is 353 g/mol. The highest BCUT2D eigenvalue weighted by molar-refractivity contribution is 6.35. The molecule has 0 aliphatic rings. The van der Waals surface area contributed by atoms with Crippen LogP contribution in [0.4, 0.5) is 0 Å². The standard InChI is InChI=1S/C16H14Cl2N2O3/c1-10-4-2-3-5-14(10)23-9-15(21)19-20-16(22)11-6-12(17)8-13(18)7-11/h2-8H,9H2,1H3,(H,19,21)(H,20,22). The third-order valence-corrected chi connectivity index (χ3v) is 3.33. The van der Waals surface area contributed by atoms with Gasteiger partial charge in [0.15, 0.2) is 6.61 Å². The van der Waals surface area contributed by atoms with Crippen LogP contribution >= 0.6 is 23.2 Å². The molecule has 0 saturated carbocycles. The van der Waals surface area contributed by atoms with Crippen molar-refractivity contribution in [3.63, 3.8) is 0 Å². The van der Waals surface area contributed by atoms with Crippen LogP contribution in [-0.2, 0) is 4.79 Å². The van der Waals surface area contributed by atoms with Gasteiger partial charge in [0.25, 0.3) is 11.8 Å². The van der Waals surface area contributed by atoms with Gasteiger partial charge in [0.05, 0.1) is 0 Å². The lowest BCUT2D eigenvalue weighted by Crippen LogP contribution is -2.43. The number of hydrazine groups is 1. The lowest BCUT2D eigenvalue weighted by molar-refractivity contribution is -0.123. The van der Waals surface area contributed by atoms with Crippen molar-refractivity contribution >= 4 is 35.0 Å². The van der Waals surface area contributed by atoms with E-state index in [9.17, 15) is 9.59 Å². The van der Waals surface area contributed by atoms with E-state index >= 15 is 0 Å². The molecular weight excluding hydrogens is 339 g/mol. The molecule has 2 N–H and O–H groups in total. The zero-order valence-corrected chi connectivity index (χ0v) is 13.7. The minimum Gasteiger partial charge on any atom is -0.483 e. The van der Waals surface area contributed by atoms with Crippen LogP contribution in [0.1, 0.15) is 15.9 Å². The van der Waals surface area contributed by atoms with Crippen LogP contribution in [0.25, 0.3) is 0 Å². The van der Waals surface area contributed by atoms with Gasteiger partial charge in [0.2, 0.25) is 0 Å². The van der Waals surface area contributed by atoms with Gasteiger partial charge in [0.1, 0.15) is 5.75 Å². The number of aryl methyl sites for hydroxylation is 1. The highest BCUT2D eigenvalue weighted by Gasteiger charge is 2.10. The Morgan fingerprint density at radius 1 is 1.04 bits per heavy atom. The molecule has 0 aliphatic carbocycles. The Bertz CT molecular complexity index is 715. The smallest absolute Gasteiger partial charge is 0.276 e. The summed E-state index contributed by atoms with van der Waals surface area (Å²) < 4.78 is 5.37. The van der Waals surface area contributed by atoms with Crippen molar-refractivity contribution in [2.75, 3.05) is 6.61 Å². The first-order valence-electron chi connectivity index (χ1n) is 6.69. The van der Waals surface area contributed by atoms with Crippen LogP contribution in [0.2, 0.25) is 10.0 Å². The minimum atomic E-state index is -0.529. The van der Waals surface area contributed by atoms with Gasteiger partial charge in [-0.1, -0.05) is 41.4 Å². The normalized spacial score (nSPS) is 10.0. The maximum Gasteiger partial charge on any atom is 0.276 e. The first-order valence-corrected chi connectivity index (χ1v) is 7.45. The molecule has 2 rings (SSSR count). The van der Waals surface area contributed by atoms with Crippen LogP contribution < -0.4 is 15.6 Å². The highest BCUT2D eigenvalue weighted by Crippen LogP contribution is 2.19. The molecule has 0 heterocycles. The summed E-state index contributed by atoms with van der Waals surface area (Å²) in [7, 11) is 0. The Labute approximate surface area is 143 Å². The molecule has 2 amide bonds. The van der Waals surface area contributed by atoms with Crippen molar-refractivity contribution in [2.45, 2.75) is 6.92 Å². The summed E-state index contributed by atoms with van der Waals surface area (Å²) in [6, 6.07) is 11.7. The van der Waals surface area contributed by atoms with Crippen LogP contribution in [0.3, 0.4) is 0 Å². The van der Waals surface area contributed by atoms with Crippen LogP contribution in [0.15, 0.2) is 42.5 Å². The van der Waals surface area contributed by atoms with E-state index in [0.29, 0.717) is 15.8 Å². The molecule has 0 unspecified atom stereocenters. The van der Waals surface area contributed by atoms with Crippen molar-refractivity contribution in [2.24, 2.45) is 0 Å². The summed E-state index contributed by atoms with van der Waals surface area (Å²) in [6.07, 6.45) is 0. The number of nitrogens with one attached hydrogen (secondary N) is 2. The van der Waals surface area contributed by atoms with Gasteiger partial charge in [-0.05, 0) is 36.8 Å². The maximum atomic E-state index is 11.9. The number of para-hydroxylation sites is 1. The Kier molecular flexibility index (Phi) is 5.84. The molecule has 7 heteroatoms. The zero-order chi connectivity index (χ0) is 16.8. The molecule has 0 bridgehead atoms. The number of carbonyl (C=O) groups is 2. The van der Waals surface area contributed by atoms with Crippen LogP contribution in [0.5, 0.6) is 5.75 Å². The van der Waals surface area contributed by atoms with Crippen molar-refractivity contribution < 1.29 is 14.3 Å². The number of hydrogen-bond acceptors (Lipinski definition) is 3. The van der Waals surface area contributed by atoms with Crippen LogP contribution in [0, 0.1) is 6.92 Å². The average Bonchev–Trinajstić information content (AvgIpc) is 2.51. The summed E-state index contributed by atoms with van der Waals surface area (Å²) in [5, 5.41) is 0.661. The number of ether oxygens (including phenoxy) is 1. The summed E-state index contributed by atoms with van der Waals surface area (Å²) in [4.78, 5) is 23.6. The fourth-order valence-corrected chi connectivity index (χ4v) is 2.31. The van der Waals surface area contributed by atoms with E-state index in [1.165, 1.54) is 18.2 Å². The lowest BCUT2D eigenvalue weighted by atomic mass is 10.2. The molecule has 0 aromatic heterocycles. The molecule has 0 atom stereocenters. The van der Waals surface area contributed by atoms with Crippen LogP contribution in [-0.4, -0.2) is 18.4 Å². The first kappa shape index (κ1) is 17.1. The fourth-order valence-electron chi connectivity index (χ4n) is 1.78. The quantitative estimate of drug-likeness (QED) is 0.830. The Morgan fingerprint density at radius 3 is 2.35 bits per heavy atom. The second kappa shape index (κ2) is 7.85. The first-order chi connectivity index (χ1) is 11.0. The van der Waals surface area contributed by atoms with E-state index in [1.54, 1.807) is 6.07 Å². The molecule has 5 nitrogen and oxygen atoms in total. The Hall–Kier alpha value is -2.24. The minimum absolute atomic E-state index is 0.221. The number of amides is 2.